The lowest BCUT2D eigenvalue weighted by molar-refractivity contribution is -0.139. The van der Waals surface area contributed by atoms with Gasteiger partial charge in [0.15, 0.2) is 11.0 Å². The van der Waals surface area contributed by atoms with Gasteiger partial charge in [-0.2, -0.15) is 5.10 Å². The molecule has 2 aliphatic heterocycles. The average Bonchev–Trinajstić information content (AvgIpc) is 3.10. The largest absolute Gasteiger partial charge is 0.465 e. The fraction of sp³-hybridized carbons (Fsp3) is 0.368. The number of hydrogen-bond acceptors (Lipinski definition) is 7. The molecule has 3 heterocycles. The lowest BCUT2D eigenvalue weighted by Crippen LogP contribution is -2.42. The van der Waals surface area contributed by atoms with Gasteiger partial charge >= 0.3 is 5.97 Å². The topological polar surface area (TPSA) is 72.1 Å². The SMILES string of the molecule is CCOC(=O)CSC1=Nc2c(cnn2-c2cccc(C)c2)C2=NCCCN12. The third kappa shape index (κ3) is 3.49. The molecule has 0 spiro atoms. The lowest BCUT2D eigenvalue weighted by atomic mass is 10.2. The molecule has 0 atom stereocenters. The first kappa shape index (κ1) is 17.8. The van der Waals surface area contributed by atoms with Crippen LogP contribution in [0, 0.1) is 6.92 Å². The number of nitrogens with zero attached hydrogens (tertiary/aromatic N) is 5. The summed E-state index contributed by atoms with van der Waals surface area (Å²) < 4.78 is 6.88. The van der Waals surface area contributed by atoms with E-state index in [-0.39, 0.29) is 11.7 Å². The van der Waals surface area contributed by atoms with Gasteiger partial charge in [0.05, 0.1) is 29.8 Å². The normalized spacial score (nSPS) is 15.6. The van der Waals surface area contributed by atoms with E-state index >= 15 is 0 Å². The van der Waals surface area contributed by atoms with Crippen LogP contribution in [0.4, 0.5) is 5.82 Å². The summed E-state index contributed by atoms with van der Waals surface area (Å²) in [5, 5.41) is 5.33. The molecule has 0 bridgehead atoms. The summed E-state index contributed by atoms with van der Waals surface area (Å²) in [6.07, 6.45) is 2.79. The molecule has 140 valence electrons. The number of rotatable bonds is 4. The van der Waals surface area contributed by atoms with Crippen molar-refractivity contribution in [3.05, 3.63) is 41.6 Å². The fourth-order valence-corrected chi connectivity index (χ4v) is 3.98. The van der Waals surface area contributed by atoms with Crippen molar-refractivity contribution >= 4 is 34.6 Å². The van der Waals surface area contributed by atoms with Crippen LogP contribution >= 0.6 is 11.8 Å². The summed E-state index contributed by atoms with van der Waals surface area (Å²) in [6, 6.07) is 8.14. The van der Waals surface area contributed by atoms with E-state index in [2.05, 4.69) is 29.1 Å². The van der Waals surface area contributed by atoms with E-state index in [9.17, 15) is 4.79 Å². The molecule has 0 saturated carbocycles. The van der Waals surface area contributed by atoms with Crippen molar-refractivity contribution in [2.75, 3.05) is 25.4 Å². The number of carbonyl (C=O) groups is 1. The number of ether oxygens (including phenoxy) is 1. The minimum Gasteiger partial charge on any atom is -0.465 e. The van der Waals surface area contributed by atoms with E-state index in [4.69, 9.17) is 14.7 Å². The Kier molecular flexibility index (Phi) is 4.98. The Labute approximate surface area is 162 Å². The molecule has 1 aromatic carbocycles. The first-order valence-corrected chi connectivity index (χ1v) is 10.0. The fourth-order valence-electron chi connectivity index (χ4n) is 3.17. The zero-order valence-electron chi connectivity index (χ0n) is 15.4. The van der Waals surface area contributed by atoms with Crippen molar-refractivity contribution < 1.29 is 9.53 Å². The van der Waals surface area contributed by atoms with E-state index in [1.807, 2.05) is 29.9 Å². The van der Waals surface area contributed by atoms with Gasteiger partial charge in [0.2, 0.25) is 0 Å². The van der Waals surface area contributed by atoms with Crippen molar-refractivity contribution in [3.8, 4) is 5.69 Å². The van der Waals surface area contributed by atoms with E-state index < -0.39 is 0 Å². The van der Waals surface area contributed by atoms with Crippen LogP contribution in [0.1, 0.15) is 24.5 Å². The Hall–Kier alpha value is -2.61. The highest BCUT2D eigenvalue weighted by Crippen LogP contribution is 2.33. The second kappa shape index (κ2) is 7.56. The van der Waals surface area contributed by atoms with Crippen LogP contribution in [0.2, 0.25) is 0 Å². The quantitative estimate of drug-likeness (QED) is 0.759. The van der Waals surface area contributed by atoms with Crippen molar-refractivity contribution in [2.45, 2.75) is 20.3 Å². The van der Waals surface area contributed by atoms with Gasteiger partial charge in [-0.25, -0.2) is 9.67 Å². The number of carbonyl (C=O) groups excluding carboxylic acids is 1. The van der Waals surface area contributed by atoms with Gasteiger partial charge in [0.1, 0.15) is 5.84 Å². The second-order valence-corrected chi connectivity index (χ2v) is 7.27. The van der Waals surface area contributed by atoms with Gasteiger partial charge in [-0.3, -0.25) is 9.79 Å². The molecule has 0 amide bonds. The molecular weight excluding hydrogens is 362 g/mol. The average molecular weight is 383 g/mol. The smallest absolute Gasteiger partial charge is 0.316 e. The predicted molar refractivity (Wildman–Crippen MR) is 107 cm³/mol. The Morgan fingerprint density at radius 2 is 2.26 bits per heavy atom. The number of esters is 1. The molecule has 7 nitrogen and oxygen atoms in total. The highest BCUT2D eigenvalue weighted by Gasteiger charge is 2.31. The standard InChI is InChI=1S/C19H21N5O2S/c1-3-26-16(25)12-27-19-22-18-15(17-20-8-5-9-23(17)19)11-21-24(18)14-7-4-6-13(2)10-14/h4,6-7,10-11H,3,5,8-9,12H2,1-2H3. The minimum atomic E-state index is -0.237. The number of benzene rings is 1. The summed E-state index contributed by atoms with van der Waals surface area (Å²) >= 11 is 1.38. The first-order chi connectivity index (χ1) is 13.2. The highest BCUT2D eigenvalue weighted by molar-refractivity contribution is 8.14. The summed E-state index contributed by atoms with van der Waals surface area (Å²) in [4.78, 5) is 23.4. The van der Waals surface area contributed by atoms with Gasteiger partial charge in [0, 0.05) is 13.1 Å². The summed E-state index contributed by atoms with van der Waals surface area (Å²) in [5.41, 5.74) is 3.04. The van der Waals surface area contributed by atoms with Crippen LogP contribution in [-0.2, 0) is 9.53 Å². The van der Waals surface area contributed by atoms with Crippen molar-refractivity contribution in [1.82, 2.24) is 14.7 Å². The molecule has 0 N–H and O–H groups in total. The molecule has 0 aliphatic carbocycles. The number of aromatic nitrogens is 2. The minimum absolute atomic E-state index is 0.227. The molecule has 0 fully saturated rings. The molecule has 0 unspecified atom stereocenters. The molecule has 8 heteroatoms. The van der Waals surface area contributed by atoms with Gasteiger partial charge < -0.3 is 9.64 Å². The monoisotopic (exact) mass is 383 g/mol. The second-order valence-electron chi connectivity index (χ2n) is 6.33. The number of aryl methyl sites for hydroxylation is 1. The Balaban J connectivity index is 1.73. The van der Waals surface area contributed by atoms with Crippen LogP contribution < -0.4 is 0 Å². The molecule has 2 aromatic rings. The van der Waals surface area contributed by atoms with Crippen molar-refractivity contribution in [3.63, 3.8) is 0 Å². The van der Waals surface area contributed by atoms with Crippen LogP contribution in [0.3, 0.4) is 0 Å². The zero-order valence-corrected chi connectivity index (χ0v) is 16.2. The number of amidine groups is 2. The van der Waals surface area contributed by atoms with Gasteiger partial charge in [-0.15, -0.1) is 0 Å². The number of fused-ring (bicyclic) bond motifs is 3. The van der Waals surface area contributed by atoms with Crippen LogP contribution in [0.25, 0.3) is 5.69 Å². The maximum atomic E-state index is 11.8. The van der Waals surface area contributed by atoms with Crippen LogP contribution in [-0.4, -0.2) is 57.1 Å². The van der Waals surface area contributed by atoms with Gasteiger partial charge in [-0.05, 0) is 38.0 Å². The van der Waals surface area contributed by atoms with E-state index in [1.54, 1.807) is 0 Å². The maximum absolute atomic E-state index is 11.8. The third-order valence-corrected chi connectivity index (χ3v) is 5.29. The number of hydrogen-bond donors (Lipinski definition) is 0. The van der Waals surface area contributed by atoms with Gasteiger partial charge in [-0.1, -0.05) is 23.9 Å². The lowest BCUT2D eigenvalue weighted by Gasteiger charge is -2.32. The number of thioether (sulfide) groups is 1. The molecule has 0 radical (unpaired) electrons. The maximum Gasteiger partial charge on any atom is 0.316 e. The molecule has 0 saturated heterocycles. The molecule has 2 aliphatic rings. The Bertz CT molecular complexity index is 934. The van der Waals surface area contributed by atoms with Gasteiger partial charge in [0.25, 0.3) is 0 Å². The molecule has 4 rings (SSSR count). The summed E-state index contributed by atoms with van der Waals surface area (Å²) in [7, 11) is 0. The van der Waals surface area contributed by atoms with Crippen molar-refractivity contribution in [2.24, 2.45) is 9.98 Å². The third-order valence-electron chi connectivity index (χ3n) is 4.34. The molecule has 1 aromatic heterocycles. The van der Waals surface area contributed by atoms with Crippen LogP contribution in [0.5, 0.6) is 0 Å². The van der Waals surface area contributed by atoms with Crippen molar-refractivity contribution in [1.29, 1.82) is 0 Å². The summed E-state index contributed by atoms with van der Waals surface area (Å²) in [5.74, 6) is 1.63. The first-order valence-electron chi connectivity index (χ1n) is 9.02. The highest BCUT2D eigenvalue weighted by atomic mass is 32.2. The Morgan fingerprint density at radius 3 is 3.07 bits per heavy atom. The summed E-state index contributed by atoms with van der Waals surface area (Å²) in [6.45, 7) is 5.87. The molecule has 27 heavy (non-hydrogen) atoms. The van der Waals surface area contributed by atoms with E-state index in [0.717, 1.165) is 53.1 Å². The van der Waals surface area contributed by atoms with E-state index in [1.165, 1.54) is 11.8 Å². The van der Waals surface area contributed by atoms with E-state index in [0.29, 0.717) is 6.61 Å². The van der Waals surface area contributed by atoms with Crippen LogP contribution in [0.15, 0.2) is 40.4 Å². The predicted octanol–water partition coefficient (Wildman–Crippen LogP) is 2.93. The number of aliphatic imine (C=N–C) groups is 2. The Morgan fingerprint density at radius 1 is 1.37 bits per heavy atom. The molecular formula is C19H21N5O2S. The zero-order chi connectivity index (χ0) is 18.8.